The molecule has 2 heterocycles. The highest BCUT2D eigenvalue weighted by Crippen LogP contribution is 2.48. The van der Waals surface area contributed by atoms with Crippen molar-refractivity contribution >= 4 is 45.1 Å². The molecule has 38 heavy (non-hydrogen) atoms. The summed E-state index contributed by atoms with van der Waals surface area (Å²) in [4.78, 5) is 23.3. The van der Waals surface area contributed by atoms with Gasteiger partial charge in [-0.3, -0.25) is 19.1 Å². The third-order valence-corrected chi connectivity index (χ3v) is 8.51. The van der Waals surface area contributed by atoms with E-state index in [4.69, 9.17) is 16.3 Å². The number of sulfonamides is 1. The molecule has 4 rings (SSSR count). The van der Waals surface area contributed by atoms with Crippen LogP contribution >= 0.6 is 11.6 Å². The van der Waals surface area contributed by atoms with Crippen molar-refractivity contribution < 1.29 is 45.8 Å². The number of carbonyl (C=O) groups is 2. The van der Waals surface area contributed by atoms with Gasteiger partial charge in [0.25, 0.3) is 10.0 Å². The van der Waals surface area contributed by atoms with Crippen LogP contribution in [0.25, 0.3) is 0 Å². The SMILES string of the molecule is CCn1cc(S(=O)(=O)N2C[C@H]([C@H]3C[C@H]3C(=O)O)Oc3ccc(NC(=O)OC(C)(C)C(F)(F)F)cc32)c(Cl)n1. The second-order valence-corrected chi connectivity index (χ2v) is 11.6. The molecule has 0 spiro atoms. The Labute approximate surface area is 220 Å². The van der Waals surface area contributed by atoms with Gasteiger partial charge in [0, 0.05) is 24.3 Å². The van der Waals surface area contributed by atoms with E-state index in [9.17, 15) is 36.3 Å². The lowest BCUT2D eigenvalue weighted by Crippen LogP contribution is -2.45. The van der Waals surface area contributed by atoms with Crippen LogP contribution < -0.4 is 14.4 Å². The Bertz CT molecular complexity index is 1380. The normalized spacial score (nSPS) is 21.3. The van der Waals surface area contributed by atoms with E-state index in [0.29, 0.717) is 26.8 Å². The molecule has 1 aromatic carbocycles. The first-order valence-electron chi connectivity index (χ1n) is 11.4. The number of rotatable bonds is 7. The van der Waals surface area contributed by atoms with Crippen molar-refractivity contribution in [1.29, 1.82) is 0 Å². The summed E-state index contributed by atoms with van der Waals surface area (Å²) in [7, 11) is -4.37. The molecule has 1 aliphatic heterocycles. The van der Waals surface area contributed by atoms with E-state index >= 15 is 0 Å². The minimum atomic E-state index is -4.83. The van der Waals surface area contributed by atoms with E-state index in [1.165, 1.54) is 29.1 Å². The largest absolute Gasteiger partial charge is 0.486 e. The third-order valence-electron chi connectivity index (χ3n) is 6.34. The van der Waals surface area contributed by atoms with Gasteiger partial charge in [-0.15, -0.1) is 0 Å². The van der Waals surface area contributed by atoms with E-state index < -0.39 is 51.8 Å². The van der Waals surface area contributed by atoms with Crippen LogP contribution in [0.2, 0.25) is 5.15 Å². The predicted octanol–water partition coefficient (Wildman–Crippen LogP) is 4.12. The fraction of sp³-hybridized carbons (Fsp3) is 0.500. The molecule has 0 saturated heterocycles. The topological polar surface area (TPSA) is 140 Å². The first-order valence-corrected chi connectivity index (χ1v) is 13.2. The summed E-state index contributed by atoms with van der Waals surface area (Å²) in [6, 6.07) is 3.81. The number of alkyl halides is 3. The molecule has 1 aromatic heterocycles. The number of carboxylic acid groups (broad SMARTS) is 1. The predicted molar refractivity (Wildman–Crippen MR) is 128 cm³/mol. The second-order valence-electron chi connectivity index (χ2n) is 9.38. The molecule has 16 heteroatoms. The summed E-state index contributed by atoms with van der Waals surface area (Å²) in [5.41, 5.74) is -2.89. The average Bonchev–Trinajstić information content (AvgIpc) is 3.52. The highest BCUT2D eigenvalue weighted by atomic mass is 35.5. The van der Waals surface area contributed by atoms with Crippen molar-refractivity contribution in [3.8, 4) is 5.75 Å². The lowest BCUT2D eigenvalue weighted by Gasteiger charge is -2.36. The number of ether oxygens (including phenoxy) is 2. The Morgan fingerprint density at radius 2 is 2.00 bits per heavy atom. The molecular formula is C22H24ClF3N4O7S. The van der Waals surface area contributed by atoms with Crippen LogP contribution in [0.15, 0.2) is 29.3 Å². The molecule has 2 aliphatic rings. The van der Waals surface area contributed by atoms with Gasteiger partial charge in [-0.1, -0.05) is 11.6 Å². The quantitative estimate of drug-likeness (QED) is 0.498. The van der Waals surface area contributed by atoms with Crippen LogP contribution in [0, 0.1) is 11.8 Å². The molecule has 0 bridgehead atoms. The van der Waals surface area contributed by atoms with Crippen LogP contribution in [0.3, 0.4) is 0 Å². The number of benzene rings is 1. The number of anilines is 2. The highest BCUT2D eigenvalue weighted by Gasteiger charge is 2.53. The number of nitrogens with zero attached hydrogens (tertiary/aromatic N) is 3. The Hall–Kier alpha value is -3.20. The number of aromatic nitrogens is 2. The van der Waals surface area contributed by atoms with Gasteiger partial charge in [0.2, 0.25) is 5.60 Å². The van der Waals surface area contributed by atoms with Crippen LogP contribution in [0.5, 0.6) is 5.75 Å². The monoisotopic (exact) mass is 580 g/mol. The Morgan fingerprint density at radius 3 is 2.55 bits per heavy atom. The van der Waals surface area contributed by atoms with Crippen LogP contribution in [-0.2, 0) is 26.1 Å². The van der Waals surface area contributed by atoms with E-state index in [0.717, 1.165) is 4.31 Å². The average molecular weight is 581 g/mol. The molecular weight excluding hydrogens is 557 g/mol. The summed E-state index contributed by atoms with van der Waals surface area (Å²) in [6.07, 6.45) is -5.48. The maximum atomic E-state index is 13.7. The van der Waals surface area contributed by atoms with E-state index in [1.54, 1.807) is 6.92 Å². The van der Waals surface area contributed by atoms with Crippen molar-refractivity contribution in [2.24, 2.45) is 11.8 Å². The molecule has 0 unspecified atom stereocenters. The van der Waals surface area contributed by atoms with Gasteiger partial charge in [-0.2, -0.15) is 18.3 Å². The van der Waals surface area contributed by atoms with Crippen LogP contribution in [0.1, 0.15) is 27.2 Å². The molecule has 0 radical (unpaired) electrons. The summed E-state index contributed by atoms with van der Waals surface area (Å²) in [5.74, 6) is -2.09. The molecule has 1 aliphatic carbocycles. The number of aryl methyl sites for hydroxylation is 1. The standard InChI is InChI=1S/C22H24ClF3N4O7S/c1-4-29-10-17(18(23)28-29)38(34,35)30-9-16(12-8-13(12)19(31)32)36-15-6-5-11(7-14(15)30)27-20(33)37-21(2,3)22(24,25)26/h5-7,10,12-13,16H,4,8-9H2,1-3H3,(H,27,33)(H,31,32)/t12-,13+,16+/m0/s1. The van der Waals surface area contributed by atoms with Gasteiger partial charge in [0.15, 0.2) is 5.15 Å². The smallest absolute Gasteiger partial charge is 0.427 e. The number of fused-ring (bicyclic) bond motifs is 1. The second kappa shape index (κ2) is 9.52. The summed E-state index contributed by atoms with van der Waals surface area (Å²) in [5, 5.41) is 15.2. The van der Waals surface area contributed by atoms with Gasteiger partial charge < -0.3 is 14.6 Å². The van der Waals surface area contributed by atoms with Gasteiger partial charge in [0.1, 0.15) is 16.7 Å². The lowest BCUT2D eigenvalue weighted by atomic mass is 10.1. The summed E-state index contributed by atoms with van der Waals surface area (Å²) in [6.45, 7) is 3.17. The first-order chi connectivity index (χ1) is 17.5. The Balaban J connectivity index is 1.68. The fourth-order valence-corrected chi connectivity index (χ4v) is 5.91. The minimum absolute atomic E-state index is 0.0398. The van der Waals surface area contributed by atoms with Crippen LogP contribution in [-0.4, -0.2) is 59.8 Å². The first kappa shape index (κ1) is 27.8. The van der Waals surface area contributed by atoms with Gasteiger partial charge in [0.05, 0.1) is 18.2 Å². The number of halogens is 4. The Morgan fingerprint density at radius 1 is 1.32 bits per heavy atom. The van der Waals surface area contributed by atoms with E-state index in [2.05, 4.69) is 15.2 Å². The molecule has 1 amide bonds. The third kappa shape index (κ3) is 5.21. The molecule has 3 atom stereocenters. The summed E-state index contributed by atoms with van der Waals surface area (Å²) >= 11 is 6.12. The maximum absolute atomic E-state index is 13.7. The van der Waals surface area contributed by atoms with Gasteiger partial charge in [-0.25, -0.2) is 13.2 Å². The van der Waals surface area contributed by atoms with E-state index in [1.807, 2.05) is 0 Å². The zero-order valence-electron chi connectivity index (χ0n) is 20.3. The van der Waals surface area contributed by atoms with Gasteiger partial charge >= 0.3 is 18.2 Å². The van der Waals surface area contributed by atoms with Crippen LogP contribution in [0.4, 0.5) is 29.3 Å². The van der Waals surface area contributed by atoms with Crippen molar-refractivity contribution in [1.82, 2.24) is 9.78 Å². The minimum Gasteiger partial charge on any atom is -0.486 e. The molecule has 1 saturated carbocycles. The highest BCUT2D eigenvalue weighted by molar-refractivity contribution is 7.93. The van der Waals surface area contributed by atoms with Crippen molar-refractivity contribution in [2.45, 2.75) is 56.5 Å². The molecule has 1 fully saturated rings. The van der Waals surface area contributed by atoms with E-state index in [-0.39, 0.29) is 33.7 Å². The number of aliphatic carboxylic acids is 1. The van der Waals surface area contributed by atoms with Crippen molar-refractivity contribution in [3.05, 3.63) is 29.5 Å². The summed E-state index contributed by atoms with van der Waals surface area (Å²) < 4.78 is 79.4. The van der Waals surface area contributed by atoms with Crippen molar-refractivity contribution in [2.75, 3.05) is 16.2 Å². The maximum Gasteiger partial charge on any atom is 0.427 e. The number of amides is 1. The molecule has 11 nitrogen and oxygen atoms in total. The fourth-order valence-electron chi connectivity index (χ4n) is 3.98. The number of nitrogens with one attached hydrogen (secondary N) is 1. The number of carbonyl (C=O) groups excluding carboxylic acids is 1. The zero-order valence-corrected chi connectivity index (χ0v) is 21.9. The number of carboxylic acids is 1. The number of hydrogen-bond donors (Lipinski definition) is 2. The molecule has 2 aromatic rings. The Kier molecular flexibility index (Phi) is 6.97. The van der Waals surface area contributed by atoms with Crippen molar-refractivity contribution in [3.63, 3.8) is 0 Å². The molecule has 208 valence electrons. The number of hydrogen-bond acceptors (Lipinski definition) is 7. The van der Waals surface area contributed by atoms with Gasteiger partial charge in [-0.05, 0) is 45.4 Å². The lowest BCUT2D eigenvalue weighted by molar-refractivity contribution is -0.242. The zero-order chi connectivity index (χ0) is 28.2. The molecule has 2 N–H and O–H groups in total.